The molecule has 3 heterocycles. The molecule has 1 fully saturated rings. The molecular formula is C13H18N5O4P. The molecule has 0 radical (unpaired) electrons. The number of rotatable bonds is 4. The molecule has 0 bridgehead atoms. The lowest BCUT2D eigenvalue weighted by Gasteiger charge is -2.33. The number of hydrogen-bond donors (Lipinski definition) is 4. The van der Waals surface area contributed by atoms with Gasteiger partial charge in [0.25, 0.3) is 5.56 Å². The molecular weight excluding hydrogens is 321 g/mol. The van der Waals surface area contributed by atoms with Gasteiger partial charge in [-0.2, -0.15) is 10.1 Å². The Balaban J connectivity index is 1.85. The summed E-state index contributed by atoms with van der Waals surface area (Å²) in [7, 11) is -0.599. The molecule has 4 N–H and O–H groups in total. The zero-order valence-electron chi connectivity index (χ0n) is 12.6. The number of nitrogens with zero attached hydrogens (tertiary/aromatic N) is 3. The molecule has 1 aliphatic heterocycles. The molecule has 0 aromatic carbocycles. The van der Waals surface area contributed by atoms with Gasteiger partial charge in [0.1, 0.15) is 11.2 Å². The molecule has 3 rings (SSSR count). The van der Waals surface area contributed by atoms with Crippen LogP contribution in [-0.4, -0.2) is 51.2 Å². The maximum absolute atomic E-state index is 11.9. The Labute approximate surface area is 133 Å². The van der Waals surface area contributed by atoms with Crippen LogP contribution < -0.4 is 20.3 Å². The Morgan fingerprint density at radius 1 is 1.43 bits per heavy atom. The van der Waals surface area contributed by atoms with Crippen molar-refractivity contribution >= 4 is 25.1 Å². The topological polar surface area (TPSA) is 124 Å². The van der Waals surface area contributed by atoms with Crippen molar-refractivity contribution in [1.82, 2.24) is 20.3 Å². The summed E-state index contributed by atoms with van der Waals surface area (Å²) in [6.07, 6.45) is 3.12. The number of anilines is 1. The number of aromatic nitrogens is 3. The summed E-state index contributed by atoms with van der Waals surface area (Å²) in [5.41, 5.74) is -0.333. The van der Waals surface area contributed by atoms with Crippen molar-refractivity contribution in [2.45, 2.75) is 18.9 Å². The predicted molar refractivity (Wildman–Crippen MR) is 86.4 cm³/mol. The first kappa shape index (κ1) is 16.1. The highest BCUT2D eigenvalue weighted by Gasteiger charge is 2.23. The molecule has 1 saturated heterocycles. The maximum atomic E-state index is 11.9. The average Bonchev–Trinajstić information content (AvgIpc) is 2.54. The van der Waals surface area contributed by atoms with Gasteiger partial charge in [0.15, 0.2) is 0 Å². The van der Waals surface area contributed by atoms with Gasteiger partial charge in [0, 0.05) is 24.5 Å². The summed E-state index contributed by atoms with van der Waals surface area (Å²) in [6.45, 7) is 1.44. The minimum absolute atomic E-state index is 0.0826. The standard InChI is InChI=1S/C13H18N5O4P/c1-22-13-11-8(7-14-16-12(11)19)6-10(15-13)18-4-2-9(3-5-18)17-23(20)21/h6-7,9,17,20-21H,2-5H2,1H3,(H,16,19). The summed E-state index contributed by atoms with van der Waals surface area (Å²) >= 11 is 0. The quantitative estimate of drug-likeness (QED) is 0.578. The van der Waals surface area contributed by atoms with E-state index in [9.17, 15) is 4.79 Å². The van der Waals surface area contributed by atoms with E-state index in [-0.39, 0.29) is 17.5 Å². The minimum Gasteiger partial charge on any atom is -0.480 e. The van der Waals surface area contributed by atoms with Crippen LogP contribution in [0.4, 0.5) is 5.82 Å². The highest BCUT2D eigenvalue weighted by atomic mass is 31.2. The summed E-state index contributed by atoms with van der Waals surface area (Å²) in [5, 5.41) is 10.0. The summed E-state index contributed by atoms with van der Waals surface area (Å²) in [6, 6.07) is 1.90. The SMILES string of the molecule is COc1nc(N2CCC(NP(O)O)CC2)cc2cn[nH]c(=O)c12. The van der Waals surface area contributed by atoms with Crippen molar-refractivity contribution in [3.63, 3.8) is 0 Å². The fourth-order valence-electron chi connectivity index (χ4n) is 2.78. The fraction of sp³-hybridized carbons (Fsp3) is 0.462. The second-order valence-corrected chi connectivity index (χ2v) is 6.17. The molecule has 1 aliphatic rings. The predicted octanol–water partition coefficient (Wildman–Crippen LogP) is 0.0966. The van der Waals surface area contributed by atoms with Gasteiger partial charge in [-0.25, -0.2) is 10.2 Å². The zero-order valence-corrected chi connectivity index (χ0v) is 13.5. The molecule has 2 aromatic rings. The lowest BCUT2D eigenvalue weighted by Crippen LogP contribution is -2.41. The van der Waals surface area contributed by atoms with Gasteiger partial charge in [0.2, 0.25) is 14.4 Å². The van der Waals surface area contributed by atoms with Crippen LogP contribution in [-0.2, 0) is 0 Å². The second-order valence-electron chi connectivity index (χ2n) is 5.33. The Hall–Kier alpha value is -1.80. The summed E-state index contributed by atoms with van der Waals surface area (Å²) in [5.74, 6) is 0.992. The van der Waals surface area contributed by atoms with Crippen molar-refractivity contribution in [2.75, 3.05) is 25.1 Å². The van der Waals surface area contributed by atoms with Crippen molar-refractivity contribution in [3.05, 3.63) is 22.6 Å². The number of fused-ring (bicyclic) bond motifs is 1. The average molecular weight is 339 g/mol. The molecule has 0 spiro atoms. The van der Waals surface area contributed by atoms with Crippen LogP contribution in [0.15, 0.2) is 17.1 Å². The summed E-state index contributed by atoms with van der Waals surface area (Å²) < 4.78 is 5.25. The van der Waals surface area contributed by atoms with E-state index in [2.05, 4.69) is 25.2 Å². The van der Waals surface area contributed by atoms with E-state index < -0.39 is 8.53 Å². The molecule has 23 heavy (non-hydrogen) atoms. The van der Waals surface area contributed by atoms with Crippen LogP contribution in [0.25, 0.3) is 10.8 Å². The molecule has 0 atom stereocenters. The van der Waals surface area contributed by atoms with Gasteiger partial charge in [-0.05, 0) is 18.9 Å². The van der Waals surface area contributed by atoms with Gasteiger partial charge in [-0.15, -0.1) is 0 Å². The highest BCUT2D eigenvalue weighted by Crippen LogP contribution is 2.28. The molecule has 2 aromatic heterocycles. The van der Waals surface area contributed by atoms with E-state index in [4.69, 9.17) is 14.5 Å². The third-order valence-electron chi connectivity index (χ3n) is 3.91. The monoisotopic (exact) mass is 339 g/mol. The van der Waals surface area contributed by atoms with Gasteiger partial charge in [0.05, 0.1) is 13.3 Å². The number of piperidine rings is 1. The number of aromatic amines is 1. The number of methoxy groups -OCH3 is 1. The van der Waals surface area contributed by atoms with E-state index in [0.717, 1.165) is 31.7 Å². The number of hydrogen-bond acceptors (Lipinski definition) is 8. The van der Waals surface area contributed by atoms with E-state index in [1.54, 1.807) is 6.20 Å². The first-order valence-corrected chi connectivity index (χ1v) is 8.44. The normalized spacial score (nSPS) is 16.3. The number of pyridine rings is 1. The summed E-state index contributed by atoms with van der Waals surface area (Å²) in [4.78, 5) is 36.5. The third kappa shape index (κ3) is 3.42. The molecule has 9 nitrogen and oxygen atoms in total. The third-order valence-corrected chi connectivity index (χ3v) is 4.51. The Kier molecular flexibility index (Phi) is 4.72. The Bertz CT molecular complexity index is 745. The zero-order chi connectivity index (χ0) is 16.4. The molecule has 124 valence electrons. The van der Waals surface area contributed by atoms with Gasteiger partial charge in [-0.3, -0.25) is 4.79 Å². The molecule has 0 saturated carbocycles. The van der Waals surface area contributed by atoms with Crippen LogP contribution in [0.2, 0.25) is 0 Å². The Morgan fingerprint density at radius 2 is 2.17 bits per heavy atom. The van der Waals surface area contributed by atoms with Gasteiger partial charge >= 0.3 is 0 Å². The number of H-pyrrole nitrogens is 1. The molecule has 0 amide bonds. The number of ether oxygens (including phenoxy) is 1. The minimum atomic E-state index is -2.08. The second kappa shape index (κ2) is 6.76. The Morgan fingerprint density at radius 3 is 2.83 bits per heavy atom. The van der Waals surface area contributed by atoms with Gasteiger partial charge in [-0.1, -0.05) is 0 Å². The lowest BCUT2D eigenvalue weighted by molar-refractivity contribution is 0.399. The largest absolute Gasteiger partial charge is 0.480 e. The van der Waals surface area contributed by atoms with Crippen LogP contribution in [0.3, 0.4) is 0 Å². The molecule has 10 heteroatoms. The van der Waals surface area contributed by atoms with Crippen molar-refractivity contribution < 1.29 is 14.5 Å². The van der Waals surface area contributed by atoms with E-state index in [1.165, 1.54) is 7.11 Å². The smallest absolute Gasteiger partial charge is 0.277 e. The van der Waals surface area contributed by atoms with Crippen LogP contribution in [0.1, 0.15) is 12.8 Å². The van der Waals surface area contributed by atoms with Crippen molar-refractivity contribution in [1.29, 1.82) is 0 Å². The van der Waals surface area contributed by atoms with Gasteiger partial charge < -0.3 is 19.4 Å². The first-order valence-electron chi connectivity index (χ1n) is 7.20. The lowest BCUT2D eigenvalue weighted by atomic mass is 10.1. The maximum Gasteiger partial charge on any atom is 0.277 e. The van der Waals surface area contributed by atoms with E-state index in [0.29, 0.717) is 10.8 Å². The fourth-order valence-corrected chi connectivity index (χ4v) is 3.37. The van der Waals surface area contributed by atoms with Crippen molar-refractivity contribution in [3.8, 4) is 5.88 Å². The molecule has 0 unspecified atom stereocenters. The van der Waals surface area contributed by atoms with Crippen LogP contribution in [0.5, 0.6) is 5.88 Å². The molecule has 0 aliphatic carbocycles. The number of nitrogens with one attached hydrogen (secondary N) is 2. The van der Waals surface area contributed by atoms with E-state index in [1.807, 2.05) is 6.07 Å². The highest BCUT2D eigenvalue weighted by molar-refractivity contribution is 7.42. The van der Waals surface area contributed by atoms with Crippen molar-refractivity contribution in [2.24, 2.45) is 0 Å². The van der Waals surface area contributed by atoms with Crippen LogP contribution in [0, 0.1) is 0 Å². The first-order chi connectivity index (χ1) is 11.1. The van der Waals surface area contributed by atoms with Crippen LogP contribution >= 0.6 is 8.53 Å². The van der Waals surface area contributed by atoms with E-state index >= 15 is 0 Å².